The quantitative estimate of drug-likeness (QED) is 0.765. The number of hydrogen-bond donors (Lipinski definition) is 1. The van der Waals surface area contributed by atoms with E-state index in [9.17, 15) is 0 Å². The van der Waals surface area contributed by atoms with Crippen molar-refractivity contribution in [3.63, 3.8) is 0 Å². The zero-order valence-corrected chi connectivity index (χ0v) is 11.0. The van der Waals surface area contributed by atoms with Gasteiger partial charge < -0.3 is 10.3 Å². The van der Waals surface area contributed by atoms with E-state index in [1.54, 1.807) is 11.3 Å². The van der Waals surface area contributed by atoms with Gasteiger partial charge in [-0.15, -0.1) is 11.3 Å². The highest BCUT2D eigenvalue weighted by Crippen LogP contribution is 2.27. The Hall–Kier alpha value is -1.95. The van der Waals surface area contributed by atoms with Crippen LogP contribution in [0.3, 0.4) is 0 Å². The lowest BCUT2D eigenvalue weighted by Gasteiger charge is -2.04. The molecule has 0 bridgehead atoms. The molecule has 3 heterocycles. The summed E-state index contributed by atoms with van der Waals surface area (Å²) in [5.41, 5.74) is 9.12. The largest absolute Gasteiger partial charge is 0.383 e. The van der Waals surface area contributed by atoms with Crippen LogP contribution in [0.2, 0.25) is 0 Å². The number of aromatic nitrogens is 4. The van der Waals surface area contributed by atoms with Gasteiger partial charge in [0.1, 0.15) is 22.8 Å². The van der Waals surface area contributed by atoms with Crippen LogP contribution in [0.5, 0.6) is 0 Å². The first-order valence-electron chi connectivity index (χ1n) is 5.62. The molecule has 3 rings (SSSR count). The predicted octanol–water partition coefficient (Wildman–Crippen LogP) is 2.14. The summed E-state index contributed by atoms with van der Waals surface area (Å²) in [4.78, 5) is 12.7. The Morgan fingerprint density at radius 1 is 1.28 bits per heavy atom. The molecule has 6 heteroatoms. The summed E-state index contributed by atoms with van der Waals surface area (Å²) in [5.74, 6) is 0.540. The number of anilines is 1. The molecular weight excluding hydrogens is 246 g/mol. The fourth-order valence-electron chi connectivity index (χ4n) is 2.16. The molecule has 0 aliphatic carbocycles. The van der Waals surface area contributed by atoms with Crippen LogP contribution < -0.4 is 5.73 Å². The molecule has 0 aliphatic heterocycles. The first kappa shape index (κ1) is 11.2. The number of nitrogens with zero attached hydrogens (tertiary/aromatic N) is 4. The number of hydrogen-bond acceptors (Lipinski definition) is 5. The van der Waals surface area contributed by atoms with Gasteiger partial charge >= 0.3 is 0 Å². The lowest BCUT2D eigenvalue weighted by molar-refractivity contribution is 0.783. The van der Waals surface area contributed by atoms with Crippen LogP contribution in [0.1, 0.15) is 16.3 Å². The van der Waals surface area contributed by atoms with Gasteiger partial charge in [0.15, 0.2) is 0 Å². The molecule has 3 aromatic rings. The van der Waals surface area contributed by atoms with Gasteiger partial charge in [-0.05, 0) is 19.4 Å². The van der Waals surface area contributed by atoms with Crippen LogP contribution in [0, 0.1) is 13.8 Å². The SMILES string of the molecule is Cc1c(C)n(Cc2nccs2)c2ncnc(N)c12. The summed E-state index contributed by atoms with van der Waals surface area (Å²) in [6, 6.07) is 0. The van der Waals surface area contributed by atoms with Gasteiger partial charge in [0.2, 0.25) is 0 Å². The maximum absolute atomic E-state index is 5.94. The van der Waals surface area contributed by atoms with Crippen molar-refractivity contribution >= 4 is 28.2 Å². The number of nitrogen functional groups attached to an aromatic ring is 1. The van der Waals surface area contributed by atoms with Gasteiger partial charge in [-0.25, -0.2) is 15.0 Å². The van der Waals surface area contributed by atoms with E-state index >= 15 is 0 Å². The van der Waals surface area contributed by atoms with Crippen LogP contribution >= 0.6 is 11.3 Å². The molecule has 0 amide bonds. The third kappa shape index (κ3) is 1.57. The van der Waals surface area contributed by atoms with Crippen molar-refractivity contribution < 1.29 is 0 Å². The Labute approximate surface area is 108 Å². The van der Waals surface area contributed by atoms with E-state index in [0.717, 1.165) is 33.8 Å². The number of thiazole rings is 1. The predicted molar refractivity (Wildman–Crippen MR) is 72.6 cm³/mol. The smallest absolute Gasteiger partial charge is 0.146 e. The van der Waals surface area contributed by atoms with Crippen molar-refractivity contribution in [1.29, 1.82) is 0 Å². The lowest BCUT2D eigenvalue weighted by atomic mass is 10.2. The molecule has 0 spiro atoms. The fraction of sp³-hybridized carbons (Fsp3) is 0.250. The molecule has 18 heavy (non-hydrogen) atoms. The average Bonchev–Trinajstić information content (AvgIpc) is 2.94. The van der Waals surface area contributed by atoms with E-state index in [1.807, 2.05) is 11.6 Å². The van der Waals surface area contributed by atoms with Gasteiger partial charge in [0.25, 0.3) is 0 Å². The van der Waals surface area contributed by atoms with E-state index in [2.05, 4.69) is 33.4 Å². The Bertz CT molecular complexity index is 699. The number of rotatable bonds is 2. The summed E-state index contributed by atoms with van der Waals surface area (Å²) in [6.45, 7) is 4.85. The molecule has 0 fully saturated rings. The summed E-state index contributed by atoms with van der Waals surface area (Å²) in [6.07, 6.45) is 3.33. The van der Waals surface area contributed by atoms with Crippen molar-refractivity contribution in [3.8, 4) is 0 Å². The highest BCUT2D eigenvalue weighted by molar-refractivity contribution is 7.09. The molecule has 92 valence electrons. The zero-order valence-electron chi connectivity index (χ0n) is 10.2. The molecule has 3 aromatic heterocycles. The van der Waals surface area contributed by atoms with Gasteiger partial charge in [0, 0.05) is 17.3 Å². The summed E-state index contributed by atoms with van der Waals surface area (Å²) in [5, 5.41) is 3.99. The Morgan fingerprint density at radius 2 is 2.11 bits per heavy atom. The van der Waals surface area contributed by atoms with Crippen molar-refractivity contribution in [1.82, 2.24) is 19.5 Å². The molecular formula is C12H13N5S. The summed E-state index contributed by atoms with van der Waals surface area (Å²) < 4.78 is 2.14. The molecule has 0 saturated heterocycles. The van der Waals surface area contributed by atoms with Gasteiger partial charge in [-0.1, -0.05) is 0 Å². The topological polar surface area (TPSA) is 69.6 Å². The van der Waals surface area contributed by atoms with E-state index in [-0.39, 0.29) is 0 Å². The second kappa shape index (κ2) is 4.06. The van der Waals surface area contributed by atoms with Gasteiger partial charge in [-0.2, -0.15) is 0 Å². The van der Waals surface area contributed by atoms with Crippen LogP contribution in [-0.4, -0.2) is 19.5 Å². The Morgan fingerprint density at radius 3 is 2.83 bits per heavy atom. The lowest BCUT2D eigenvalue weighted by Crippen LogP contribution is -2.03. The first-order chi connectivity index (χ1) is 8.68. The number of aryl methyl sites for hydroxylation is 1. The molecule has 0 unspecified atom stereocenters. The second-order valence-electron chi connectivity index (χ2n) is 4.18. The minimum atomic E-state index is 0.540. The standard InChI is InChI=1S/C12H13N5S/c1-7-8(2)17(5-9-14-3-4-18-9)12-10(7)11(13)15-6-16-12/h3-4,6H,5H2,1-2H3,(H2,13,15,16). The van der Waals surface area contributed by atoms with Crippen molar-refractivity contribution in [3.05, 3.63) is 34.2 Å². The molecule has 0 radical (unpaired) electrons. The monoisotopic (exact) mass is 259 g/mol. The first-order valence-corrected chi connectivity index (χ1v) is 6.50. The van der Waals surface area contributed by atoms with Crippen LogP contribution in [0.15, 0.2) is 17.9 Å². The third-order valence-electron chi connectivity index (χ3n) is 3.21. The molecule has 0 aliphatic rings. The van der Waals surface area contributed by atoms with Gasteiger partial charge in [0.05, 0.1) is 11.9 Å². The van der Waals surface area contributed by atoms with Crippen LogP contribution in [0.25, 0.3) is 11.0 Å². The van der Waals surface area contributed by atoms with Gasteiger partial charge in [-0.3, -0.25) is 0 Å². The highest BCUT2D eigenvalue weighted by atomic mass is 32.1. The highest BCUT2D eigenvalue weighted by Gasteiger charge is 2.15. The summed E-state index contributed by atoms with van der Waals surface area (Å²) in [7, 11) is 0. The molecule has 2 N–H and O–H groups in total. The van der Waals surface area contributed by atoms with Crippen molar-refractivity contribution in [2.45, 2.75) is 20.4 Å². The van der Waals surface area contributed by atoms with Crippen LogP contribution in [-0.2, 0) is 6.54 Å². The normalized spacial score (nSPS) is 11.2. The summed E-state index contributed by atoms with van der Waals surface area (Å²) >= 11 is 1.64. The molecule has 0 aromatic carbocycles. The maximum atomic E-state index is 5.94. The Kier molecular flexibility index (Phi) is 2.52. The average molecular weight is 259 g/mol. The van der Waals surface area contributed by atoms with E-state index in [1.165, 1.54) is 6.33 Å². The third-order valence-corrected chi connectivity index (χ3v) is 3.98. The fourth-order valence-corrected chi connectivity index (χ4v) is 2.76. The van der Waals surface area contributed by atoms with E-state index in [4.69, 9.17) is 5.73 Å². The van der Waals surface area contributed by atoms with Crippen LogP contribution in [0.4, 0.5) is 5.82 Å². The van der Waals surface area contributed by atoms with E-state index < -0.39 is 0 Å². The Balaban J connectivity index is 2.23. The zero-order chi connectivity index (χ0) is 12.7. The minimum Gasteiger partial charge on any atom is -0.383 e. The maximum Gasteiger partial charge on any atom is 0.146 e. The number of fused-ring (bicyclic) bond motifs is 1. The van der Waals surface area contributed by atoms with Crippen molar-refractivity contribution in [2.75, 3.05) is 5.73 Å². The number of nitrogens with two attached hydrogens (primary N) is 1. The van der Waals surface area contributed by atoms with E-state index in [0.29, 0.717) is 5.82 Å². The molecule has 5 nitrogen and oxygen atoms in total. The molecule has 0 atom stereocenters. The minimum absolute atomic E-state index is 0.540. The second-order valence-corrected chi connectivity index (χ2v) is 5.16. The molecule has 0 saturated carbocycles. The van der Waals surface area contributed by atoms with Crippen molar-refractivity contribution in [2.24, 2.45) is 0 Å².